The van der Waals surface area contributed by atoms with E-state index in [1.54, 1.807) is 0 Å². The van der Waals surface area contributed by atoms with Crippen molar-refractivity contribution >= 4 is 22.9 Å². The van der Waals surface area contributed by atoms with Gasteiger partial charge in [0.15, 0.2) is 0 Å². The molecule has 172 valence electrons. The molecule has 7 nitrogen and oxygen atoms in total. The highest BCUT2D eigenvalue weighted by Gasteiger charge is 2.17. The number of carbonyl (C=O) groups excluding carboxylic acids is 1. The Morgan fingerprint density at radius 1 is 1.06 bits per heavy atom. The van der Waals surface area contributed by atoms with Crippen molar-refractivity contribution < 1.29 is 9.53 Å². The predicted molar refractivity (Wildman–Crippen MR) is 131 cm³/mol. The molecule has 0 aliphatic carbocycles. The van der Waals surface area contributed by atoms with Crippen LogP contribution in [0.15, 0.2) is 35.7 Å². The van der Waals surface area contributed by atoms with Crippen molar-refractivity contribution in [3.63, 3.8) is 0 Å². The quantitative estimate of drug-likeness (QED) is 0.402. The average Bonchev–Trinajstić information content (AvgIpc) is 3.44. The van der Waals surface area contributed by atoms with Crippen LogP contribution in [0.25, 0.3) is 0 Å². The van der Waals surface area contributed by atoms with E-state index in [0.29, 0.717) is 18.2 Å². The van der Waals surface area contributed by atoms with E-state index >= 15 is 0 Å². The molecule has 3 heterocycles. The van der Waals surface area contributed by atoms with Gasteiger partial charge in [0, 0.05) is 11.3 Å². The van der Waals surface area contributed by atoms with Crippen molar-refractivity contribution in [1.29, 1.82) is 0 Å². The molecule has 1 amide bonds. The van der Waals surface area contributed by atoms with E-state index in [1.807, 2.05) is 66.7 Å². The van der Waals surface area contributed by atoms with Gasteiger partial charge in [0.2, 0.25) is 0 Å². The summed E-state index contributed by atoms with van der Waals surface area (Å²) < 4.78 is 9.75. The van der Waals surface area contributed by atoms with Crippen LogP contribution in [0.3, 0.4) is 0 Å². The molecule has 33 heavy (non-hydrogen) atoms. The van der Waals surface area contributed by atoms with Gasteiger partial charge >= 0.3 is 0 Å². The second kappa shape index (κ2) is 9.23. The largest absolute Gasteiger partial charge is 0.489 e. The maximum absolute atomic E-state index is 12.9. The second-order valence-corrected chi connectivity index (χ2v) is 9.28. The summed E-state index contributed by atoms with van der Waals surface area (Å²) in [7, 11) is 0. The lowest BCUT2D eigenvalue weighted by Crippen LogP contribution is -2.15. The van der Waals surface area contributed by atoms with Crippen molar-refractivity contribution in [2.24, 2.45) is 0 Å². The summed E-state index contributed by atoms with van der Waals surface area (Å²) in [5.41, 5.74) is 7.75. The summed E-state index contributed by atoms with van der Waals surface area (Å²) in [6.45, 7) is 12.9. The Bertz CT molecular complexity index is 1310. The third-order valence-electron chi connectivity index (χ3n) is 5.82. The van der Waals surface area contributed by atoms with Crippen molar-refractivity contribution in [2.75, 3.05) is 5.32 Å². The highest BCUT2D eigenvalue weighted by atomic mass is 32.1. The number of anilines is 1. The summed E-state index contributed by atoms with van der Waals surface area (Å²) in [6, 6.07) is 9.95. The number of nitrogens with one attached hydrogen (secondary N) is 1. The minimum atomic E-state index is -0.144. The molecular weight excluding hydrogens is 434 g/mol. The number of carbonyl (C=O) groups is 1. The summed E-state index contributed by atoms with van der Waals surface area (Å²) in [6.07, 6.45) is 0. The van der Waals surface area contributed by atoms with Crippen molar-refractivity contribution in [3.05, 3.63) is 80.1 Å². The van der Waals surface area contributed by atoms with E-state index < -0.39 is 0 Å². The van der Waals surface area contributed by atoms with Gasteiger partial charge in [-0.2, -0.15) is 10.2 Å². The van der Waals surface area contributed by atoms with Crippen LogP contribution < -0.4 is 10.1 Å². The van der Waals surface area contributed by atoms with E-state index in [9.17, 15) is 4.79 Å². The first-order valence-corrected chi connectivity index (χ1v) is 11.7. The number of thiophene rings is 1. The first-order chi connectivity index (χ1) is 15.7. The van der Waals surface area contributed by atoms with Crippen LogP contribution in [-0.2, 0) is 13.3 Å². The lowest BCUT2D eigenvalue weighted by Gasteiger charge is -2.10. The molecular formula is C25H29N5O2S. The Hall–Kier alpha value is -3.39. The highest BCUT2D eigenvalue weighted by Crippen LogP contribution is 2.25. The van der Waals surface area contributed by atoms with E-state index in [0.717, 1.165) is 45.3 Å². The van der Waals surface area contributed by atoms with Crippen LogP contribution in [-0.4, -0.2) is 25.5 Å². The first-order valence-electron chi connectivity index (χ1n) is 10.9. The molecule has 0 fully saturated rings. The molecule has 0 unspecified atom stereocenters. The van der Waals surface area contributed by atoms with E-state index in [2.05, 4.69) is 35.4 Å². The number of aryl methyl sites for hydroxylation is 4. The monoisotopic (exact) mass is 463 g/mol. The summed E-state index contributed by atoms with van der Waals surface area (Å²) in [5.74, 6) is 0.725. The van der Waals surface area contributed by atoms with Gasteiger partial charge in [0.25, 0.3) is 5.91 Å². The fourth-order valence-electron chi connectivity index (χ4n) is 3.75. The number of benzene rings is 1. The zero-order chi connectivity index (χ0) is 23.7. The molecule has 0 saturated carbocycles. The Labute approximate surface area is 198 Å². The first kappa shape index (κ1) is 22.8. The third-order valence-corrected chi connectivity index (χ3v) is 6.80. The van der Waals surface area contributed by atoms with Crippen molar-refractivity contribution in [1.82, 2.24) is 19.6 Å². The number of hydrogen-bond donors (Lipinski definition) is 1. The van der Waals surface area contributed by atoms with Gasteiger partial charge in [0.05, 0.1) is 27.6 Å². The van der Waals surface area contributed by atoms with E-state index in [1.165, 1.54) is 16.9 Å². The fraction of sp³-hybridized carbons (Fsp3) is 0.320. The smallest absolute Gasteiger partial charge is 0.265 e. The van der Waals surface area contributed by atoms with Gasteiger partial charge in [-0.3, -0.25) is 4.79 Å². The maximum Gasteiger partial charge on any atom is 0.265 e. The molecule has 0 aliphatic heterocycles. The Morgan fingerprint density at radius 2 is 1.85 bits per heavy atom. The SMILES string of the molecule is Cc1cc(C)n(Cn2nc(C)c(NC(=O)c3cc(COc4cccc(C)c4C)cs3)c2C)n1. The van der Waals surface area contributed by atoms with Crippen molar-refractivity contribution in [2.45, 2.75) is 54.8 Å². The van der Waals surface area contributed by atoms with Crippen LogP contribution in [0.4, 0.5) is 5.69 Å². The Balaban J connectivity index is 1.43. The van der Waals surface area contributed by atoms with Gasteiger partial charge in [0.1, 0.15) is 19.0 Å². The summed E-state index contributed by atoms with van der Waals surface area (Å²) in [4.78, 5) is 13.6. The Morgan fingerprint density at radius 3 is 2.58 bits per heavy atom. The van der Waals surface area contributed by atoms with Crippen LogP contribution in [0.5, 0.6) is 5.75 Å². The van der Waals surface area contributed by atoms with E-state index in [4.69, 9.17) is 4.74 Å². The standard InChI is InChI=1S/C25H29N5O2S/c1-15-8-7-9-22(18(15)4)32-12-21-11-23(33-13-21)25(31)26-24-19(5)28-30(20(24)6)14-29-17(3)10-16(2)27-29/h7-11,13H,12,14H2,1-6H3,(H,26,31). The second-order valence-electron chi connectivity index (χ2n) is 8.37. The third kappa shape index (κ3) is 4.85. The minimum absolute atomic E-state index is 0.144. The molecule has 1 aromatic carbocycles. The molecule has 3 aromatic heterocycles. The molecule has 0 spiro atoms. The maximum atomic E-state index is 12.9. The summed E-state index contributed by atoms with van der Waals surface area (Å²) in [5, 5.41) is 14.1. The molecule has 0 radical (unpaired) electrons. The average molecular weight is 464 g/mol. The van der Waals surface area contributed by atoms with Gasteiger partial charge in [-0.05, 0) is 76.2 Å². The minimum Gasteiger partial charge on any atom is -0.489 e. The predicted octanol–water partition coefficient (Wildman–Crippen LogP) is 5.33. The molecule has 0 bridgehead atoms. The van der Waals surface area contributed by atoms with Gasteiger partial charge in [-0.1, -0.05) is 12.1 Å². The fourth-order valence-corrected chi connectivity index (χ4v) is 4.54. The lowest BCUT2D eigenvalue weighted by atomic mass is 10.1. The topological polar surface area (TPSA) is 74.0 Å². The number of ether oxygens (including phenoxy) is 1. The number of nitrogens with zero attached hydrogens (tertiary/aromatic N) is 4. The van der Waals surface area contributed by atoms with Crippen LogP contribution in [0.2, 0.25) is 0 Å². The van der Waals surface area contributed by atoms with Crippen LogP contribution in [0, 0.1) is 41.5 Å². The molecule has 4 aromatic rings. The van der Waals surface area contributed by atoms with Gasteiger partial charge in [-0.25, -0.2) is 9.36 Å². The van der Waals surface area contributed by atoms with Crippen LogP contribution in [0.1, 0.15) is 49.1 Å². The molecule has 0 saturated heterocycles. The molecule has 8 heteroatoms. The molecule has 0 aliphatic rings. The lowest BCUT2D eigenvalue weighted by molar-refractivity contribution is 0.103. The van der Waals surface area contributed by atoms with Crippen LogP contribution >= 0.6 is 11.3 Å². The highest BCUT2D eigenvalue weighted by molar-refractivity contribution is 7.12. The number of amides is 1. The van der Waals surface area contributed by atoms with Gasteiger partial charge in [-0.15, -0.1) is 11.3 Å². The Kier molecular flexibility index (Phi) is 6.37. The number of rotatable bonds is 7. The van der Waals surface area contributed by atoms with Gasteiger partial charge < -0.3 is 10.1 Å². The molecule has 0 atom stereocenters. The number of aromatic nitrogens is 4. The van der Waals surface area contributed by atoms with Crippen molar-refractivity contribution in [3.8, 4) is 5.75 Å². The summed E-state index contributed by atoms with van der Waals surface area (Å²) >= 11 is 1.41. The molecule has 4 rings (SSSR count). The zero-order valence-corrected chi connectivity index (χ0v) is 20.7. The zero-order valence-electron chi connectivity index (χ0n) is 19.9. The normalized spacial score (nSPS) is 11.1. The van der Waals surface area contributed by atoms with E-state index in [-0.39, 0.29) is 5.91 Å². The molecule has 1 N–H and O–H groups in total. The number of hydrogen-bond acceptors (Lipinski definition) is 5.